The summed E-state index contributed by atoms with van der Waals surface area (Å²) in [5.74, 6) is -0.388. The van der Waals surface area contributed by atoms with Crippen LogP contribution in [0.15, 0.2) is 48.5 Å². The summed E-state index contributed by atoms with van der Waals surface area (Å²) in [6, 6.07) is 15.3. The molecule has 0 radical (unpaired) electrons. The minimum Gasteiger partial charge on any atom is -0.270 e. The Labute approximate surface area is 149 Å². The van der Waals surface area contributed by atoms with Crippen molar-refractivity contribution in [1.82, 2.24) is 4.90 Å². The van der Waals surface area contributed by atoms with Gasteiger partial charge in [-0.05, 0) is 36.1 Å². The van der Waals surface area contributed by atoms with Crippen molar-refractivity contribution in [2.45, 2.75) is 52.0 Å². The van der Waals surface area contributed by atoms with Crippen molar-refractivity contribution >= 4 is 11.8 Å². The summed E-state index contributed by atoms with van der Waals surface area (Å²) in [6.45, 7) is 2.57. The van der Waals surface area contributed by atoms with Crippen LogP contribution < -0.4 is 0 Å². The minimum atomic E-state index is -0.194. The highest BCUT2D eigenvalue weighted by Crippen LogP contribution is 2.24. The average Bonchev–Trinajstić information content (AvgIpc) is 2.88. The van der Waals surface area contributed by atoms with Crippen molar-refractivity contribution in [2.75, 3.05) is 0 Å². The van der Waals surface area contributed by atoms with Crippen LogP contribution in [0.4, 0.5) is 0 Å². The molecule has 3 heteroatoms. The lowest BCUT2D eigenvalue weighted by atomic mass is 10.0. The first-order valence-electron chi connectivity index (χ1n) is 9.23. The Kier molecular flexibility index (Phi) is 5.64. The molecule has 130 valence electrons. The third-order valence-corrected chi connectivity index (χ3v) is 4.81. The van der Waals surface area contributed by atoms with E-state index in [4.69, 9.17) is 0 Å². The molecule has 2 aromatic carbocycles. The quantitative estimate of drug-likeness (QED) is 0.503. The Morgan fingerprint density at radius 3 is 1.88 bits per heavy atom. The van der Waals surface area contributed by atoms with Crippen molar-refractivity contribution in [2.24, 2.45) is 0 Å². The first kappa shape index (κ1) is 17.4. The molecule has 0 fully saturated rings. The van der Waals surface area contributed by atoms with Crippen molar-refractivity contribution in [1.29, 1.82) is 0 Å². The molecule has 0 aromatic heterocycles. The molecule has 1 aliphatic heterocycles. The molecule has 2 aromatic rings. The molecule has 3 rings (SSSR count). The van der Waals surface area contributed by atoms with Crippen molar-refractivity contribution in [3.8, 4) is 0 Å². The molecular weight excluding hydrogens is 310 g/mol. The highest BCUT2D eigenvalue weighted by atomic mass is 16.2. The Morgan fingerprint density at radius 1 is 0.720 bits per heavy atom. The fourth-order valence-electron chi connectivity index (χ4n) is 3.31. The predicted octanol–water partition coefficient (Wildman–Crippen LogP) is 5.00. The lowest BCUT2D eigenvalue weighted by molar-refractivity contribution is 0.0642. The van der Waals surface area contributed by atoms with Gasteiger partial charge in [-0.2, -0.15) is 0 Å². The molecule has 0 atom stereocenters. The molecule has 0 aliphatic carbocycles. The van der Waals surface area contributed by atoms with Crippen LogP contribution in [-0.4, -0.2) is 16.7 Å². The summed E-state index contributed by atoms with van der Waals surface area (Å²) in [7, 11) is 0. The molecule has 0 bridgehead atoms. The van der Waals surface area contributed by atoms with Gasteiger partial charge < -0.3 is 0 Å². The van der Waals surface area contributed by atoms with Crippen LogP contribution >= 0.6 is 0 Å². The fourth-order valence-corrected chi connectivity index (χ4v) is 3.31. The van der Waals surface area contributed by atoms with Crippen LogP contribution in [0.1, 0.15) is 70.9 Å². The molecule has 1 heterocycles. The van der Waals surface area contributed by atoms with E-state index in [1.165, 1.54) is 42.6 Å². The number of nitrogens with zero attached hydrogens (tertiary/aromatic N) is 1. The molecule has 0 saturated heterocycles. The standard InChI is InChI=1S/C22H25NO2/c1-2-3-4-5-6-9-17-12-14-18(15-13-17)16-23-21(24)19-10-7-8-11-20(19)22(23)25/h7-8,10-15H,2-6,9,16H2,1H3. The summed E-state index contributed by atoms with van der Waals surface area (Å²) < 4.78 is 0. The zero-order valence-electron chi connectivity index (χ0n) is 14.8. The molecule has 2 amide bonds. The zero-order valence-corrected chi connectivity index (χ0v) is 14.8. The van der Waals surface area contributed by atoms with Gasteiger partial charge in [-0.25, -0.2) is 0 Å². The number of carbonyl (C=O) groups is 2. The second-order valence-electron chi connectivity index (χ2n) is 6.72. The normalized spacial score (nSPS) is 13.4. The third-order valence-electron chi connectivity index (χ3n) is 4.81. The number of hydrogen-bond donors (Lipinski definition) is 0. The maximum atomic E-state index is 12.4. The van der Waals surface area contributed by atoms with Gasteiger partial charge in [-0.15, -0.1) is 0 Å². The van der Waals surface area contributed by atoms with E-state index >= 15 is 0 Å². The topological polar surface area (TPSA) is 37.4 Å². The van der Waals surface area contributed by atoms with Gasteiger partial charge in [-0.3, -0.25) is 14.5 Å². The van der Waals surface area contributed by atoms with E-state index in [9.17, 15) is 9.59 Å². The van der Waals surface area contributed by atoms with Gasteiger partial charge in [0.25, 0.3) is 11.8 Å². The van der Waals surface area contributed by atoms with Gasteiger partial charge >= 0.3 is 0 Å². The molecule has 0 saturated carbocycles. The Bertz CT molecular complexity index is 714. The van der Waals surface area contributed by atoms with Crippen LogP contribution in [0.25, 0.3) is 0 Å². The van der Waals surface area contributed by atoms with Crippen LogP contribution in [-0.2, 0) is 13.0 Å². The number of fused-ring (bicyclic) bond motifs is 1. The Hall–Kier alpha value is -2.42. The predicted molar refractivity (Wildman–Crippen MR) is 99.6 cm³/mol. The van der Waals surface area contributed by atoms with Crippen molar-refractivity contribution in [3.05, 3.63) is 70.8 Å². The average molecular weight is 335 g/mol. The SMILES string of the molecule is CCCCCCCc1ccc(CN2C(=O)c3ccccc3C2=O)cc1. The van der Waals surface area contributed by atoms with E-state index in [2.05, 4.69) is 19.1 Å². The highest BCUT2D eigenvalue weighted by molar-refractivity contribution is 6.21. The van der Waals surface area contributed by atoms with E-state index in [1.54, 1.807) is 24.3 Å². The third kappa shape index (κ3) is 3.98. The fraction of sp³-hybridized carbons (Fsp3) is 0.364. The molecule has 3 nitrogen and oxygen atoms in total. The highest BCUT2D eigenvalue weighted by Gasteiger charge is 2.34. The Morgan fingerprint density at radius 2 is 1.28 bits per heavy atom. The second kappa shape index (κ2) is 8.11. The molecule has 0 unspecified atom stereocenters. The van der Waals surface area contributed by atoms with Gasteiger partial charge in [0.15, 0.2) is 0 Å². The summed E-state index contributed by atoms with van der Waals surface area (Å²) >= 11 is 0. The first-order valence-corrected chi connectivity index (χ1v) is 9.23. The number of rotatable bonds is 8. The van der Waals surface area contributed by atoms with Gasteiger partial charge in [-0.1, -0.05) is 69.0 Å². The van der Waals surface area contributed by atoms with Crippen molar-refractivity contribution in [3.63, 3.8) is 0 Å². The van der Waals surface area contributed by atoms with E-state index in [-0.39, 0.29) is 11.8 Å². The zero-order chi connectivity index (χ0) is 17.6. The summed E-state index contributed by atoms with van der Waals surface area (Å²) in [6.07, 6.45) is 7.50. The van der Waals surface area contributed by atoms with Crippen LogP contribution in [0.2, 0.25) is 0 Å². The largest absolute Gasteiger partial charge is 0.270 e. The lowest BCUT2D eigenvalue weighted by Crippen LogP contribution is -2.29. The van der Waals surface area contributed by atoms with Crippen molar-refractivity contribution < 1.29 is 9.59 Å². The number of carbonyl (C=O) groups excluding carboxylic acids is 2. The summed E-state index contributed by atoms with van der Waals surface area (Å²) in [5, 5.41) is 0. The van der Waals surface area contributed by atoms with Gasteiger partial charge in [0.05, 0.1) is 17.7 Å². The monoisotopic (exact) mass is 335 g/mol. The molecule has 1 aliphatic rings. The van der Waals surface area contributed by atoms with Crippen LogP contribution in [0.5, 0.6) is 0 Å². The molecule has 25 heavy (non-hydrogen) atoms. The number of imide groups is 1. The van der Waals surface area contributed by atoms with E-state index in [0.717, 1.165) is 12.0 Å². The maximum absolute atomic E-state index is 12.4. The number of amides is 2. The summed E-state index contributed by atoms with van der Waals surface area (Å²) in [5.41, 5.74) is 3.33. The number of aryl methyl sites for hydroxylation is 1. The molecule has 0 N–H and O–H groups in total. The maximum Gasteiger partial charge on any atom is 0.261 e. The first-order chi connectivity index (χ1) is 12.2. The van der Waals surface area contributed by atoms with Crippen LogP contribution in [0, 0.1) is 0 Å². The molecule has 0 spiro atoms. The van der Waals surface area contributed by atoms with Gasteiger partial charge in [0, 0.05) is 0 Å². The van der Waals surface area contributed by atoms with E-state index in [0.29, 0.717) is 17.7 Å². The Balaban J connectivity index is 1.57. The minimum absolute atomic E-state index is 0.194. The summed E-state index contributed by atoms with van der Waals surface area (Å²) in [4.78, 5) is 26.2. The van der Waals surface area contributed by atoms with Gasteiger partial charge in [0.1, 0.15) is 0 Å². The smallest absolute Gasteiger partial charge is 0.261 e. The van der Waals surface area contributed by atoms with E-state index < -0.39 is 0 Å². The lowest BCUT2D eigenvalue weighted by Gasteiger charge is -2.14. The van der Waals surface area contributed by atoms with E-state index in [1.807, 2.05) is 12.1 Å². The number of benzene rings is 2. The number of hydrogen-bond acceptors (Lipinski definition) is 2. The van der Waals surface area contributed by atoms with Gasteiger partial charge in [0.2, 0.25) is 0 Å². The molecular formula is C22H25NO2. The second-order valence-corrected chi connectivity index (χ2v) is 6.72. The van der Waals surface area contributed by atoms with Crippen LogP contribution in [0.3, 0.4) is 0 Å². The number of unbranched alkanes of at least 4 members (excludes halogenated alkanes) is 4.